The number of ether oxygens (including phenoxy) is 1. The topological polar surface area (TPSA) is 162 Å². The van der Waals surface area contributed by atoms with E-state index < -0.39 is 47.1 Å². The van der Waals surface area contributed by atoms with E-state index in [4.69, 9.17) is 0 Å². The number of aromatic nitrogens is 1. The molecule has 1 aromatic heterocycles. The van der Waals surface area contributed by atoms with Gasteiger partial charge in [-0.25, -0.2) is 9.59 Å². The summed E-state index contributed by atoms with van der Waals surface area (Å²) in [5, 5.41) is 23.9. The zero-order chi connectivity index (χ0) is 38.6. The van der Waals surface area contributed by atoms with Crippen LogP contribution in [0, 0.1) is 16.7 Å². The molecule has 5 unspecified atom stereocenters. The minimum absolute atomic E-state index is 0.0934. The molecule has 0 radical (unpaired) electrons. The van der Waals surface area contributed by atoms with Crippen molar-refractivity contribution in [1.29, 1.82) is 0 Å². The van der Waals surface area contributed by atoms with Gasteiger partial charge in [0.15, 0.2) is 0 Å². The molecule has 1 aliphatic heterocycles. The Balaban J connectivity index is 1.57. The molecule has 5 amide bonds. The van der Waals surface area contributed by atoms with Gasteiger partial charge in [0, 0.05) is 44.5 Å². The van der Waals surface area contributed by atoms with Gasteiger partial charge in [-0.1, -0.05) is 101 Å². The van der Waals surface area contributed by atoms with Crippen molar-refractivity contribution >= 4 is 23.9 Å². The molecule has 5 atom stereocenters. The standard InChI is InChI=1S/C41H56N6O6/c1-40(2,3)36(33-25-43-38(51)47(33)26-30-18-13-19-42-24-30)37(50)45-31(20-28-14-9-7-10-15-28)22-34(48)32(21-29-16-11-8-12-17-29)46-35(49)23-41(4,5)27-44-39(52)53-6/h7-19,24,31-34,36,48H,20-23,25-27H2,1-6H3,(H,43,51)(H,44,52)(H,45,50)(H,46,49). The number of aliphatic hydroxyl groups is 1. The van der Waals surface area contributed by atoms with Crippen LogP contribution in [0.1, 0.15) is 64.2 Å². The van der Waals surface area contributed by atoms with E-state index in [2.05, 4.69) is 31.0 Å². The molecule has 0 spiro atoms. The number of benzene rings is 2. The van der Waals surface area contributed by atoms with Gasteiger partial charge in [-0.15, -0.1) is 0 Å². The molecule has 3 aromatic rings. The van der Waals surface area contributed by atoms with Crippen molar-refractivity contribution in [2.45, 2.75) is 91.1 Å². The molecule has 1 aliphatic rings. The van der Waals surface area contributed by atoms with Crippen LogP contribution in [0.25, 0.3) is 0 Å². The van der Waals surface area contributed by atoms with Crippen molar-refractivity contribution in [2.24, 2.45) is 16.7 Å². The summed E-state index contributed by atoms with van der Waals surface area (Å²) in [4.78, 5) is 58.7. The van der Waals surface area contributed by atoms with Crippen molar-refractivity contribution in [1.82, 2.24) is 31.2 Å². The second kappa shape index (κ2) is 18.7. The molecule has 2 aromatic carbocycles. The number of hydrogen-bond donors (Lipinski definition) is 5. The van der Waals surface area contributed by atoms with Gasteiger partial charge in [-0.2, -0.15) is 0 Å². The lowest BCUT2D eigenvalue weighted by molar-refractivity contribution is -0.132. The van der Waals surface area contributed by atoms with Gasteiger partial charge >= 0.3 is 12.1 Å². The summed E-state index contributed by atoms with van der Waals surface area (Å²) in [5.74, 6) is -1.08. The Bertz CT molecular complexity index is 1630. The van der Waals surface area contributed by atoms with Crippen molar-refractivity contribution in [3.63, 3.8) is 0 Å². The number of urea groups is 1. The molecule has 1 fully saturated rings. The Labute approximate surface area is 313 Å². The largest absolute Gasteiger partial charge is 0.453 e. The van der Waals surface area contributed by atoms with Gasteiger partial charge in [0.05, 0.1) is 31.2 Å². The Morgan fingerprint density at radius 1 is 0.925 bits per heavy atom. The Kier molecular flexibility index (Phi) is 14.4. The first-order chi connectivity index (χ1) is 25.1. The summed E-state index contributed by atoms with van der Waals surface area (Å²) in [6.45, 7) is 10.6. The first-order valence-electron chi connectivity index (χ1n) is 18.3. The van der Waals surface area contributed by atoms with Gasteiger partial charge in [-0.05, 0) is 52.8 Å². The monoisotopic (exact) mass is 728 g/mol. The van der Waals surface area contributed by atoms with Crippen LogP contribution in [0.5, 0.6) is 0 Å². The van der Waals surface area contributed by atoms with E-state index in [-0.39, 0.29) is 37.2 Å². The zero-order valence-electron chi connectivity index (χ0n) is 31.8. The molecule has 0 bridgehead atoms. The van der Waals surface area contributed by atoms with E-state index >= 15 is 0 Å². The number of methoxy groups -OCH3 is 1. The van der Waals surface area contributed by atoms with E-state index in [0.29, 0.717) is 25.9 Å². The number of carbonyl (C=O) groups is 4. The number of pyridine rings is 1. The highest BCUT2D eigenvalue weighted by atomic mass is 16.5. The fourth-order valence-electron chi connectivity index (χ4n) is 7.00. The summed E-state index contributed by atoms with van der Waals surface area (Å²) < 4.78 is 4.68. The van der Waals surface area contributed by atoms with Crippen molar-refractivity contribution < 1.29 is 29.0 Å². The fraction of sp³-hybridized carbons (Fsp3) is 0.488. The molecule has 12 heteroatoms. The molecule has 53 heavy (non-hydrogen) atoms. The Morgan fingerprint density at radius 2 is 1.55 bits per heavy atom. The van der Waals surface area contributed by atoms with Gasteiger partial charge < -0.3 is 36.0 Å². The zero-order valence-corrected chi connectivity index (χ0v) is 31.8. The van der Waals surface area contributed by atoms with Crippen LogP contribution < -0.4 is 21.3 Å². The van der Waals surface area contributed by atoms with Gasteiger partial charge in [0.1, 0.15) is 0 Å². The molecule has 286 valence electrons. The van der Waals surface area contributed by atoms with E-state index in [1.807, 2.05) is 107 Å². The Hall–Kier alpha value is -4.97. The summed E-state index contributed by atoms with van der Waals surface area (Å²) in [6.07, 6.45) is 2.85. The summed E-state index contributed by atoms with van der Waals surface area (Å²) in [5.41, 5.74) is 1.67. The number of aliphatic hydroxyl groups excluding tert-OH is 1. The average Bonchev–Trinajstić information content (AvgIpc) is 3.45. The van der Waals surface area contributed by atoms with Crippen molar-refractivity contribution in [3.8, 4) is 0 Å². The normalized spacial score (nSPS) is 16.8. The van der Waals surface area contributed by atoms with E-state index in [0.717, 1.165) is 16.7 Å². The van der Waals surface area contributed by atoms with E-state index in [1.165, 1.54) is 7.11 Å². The van der Waals surface area contributed by atoms with Crippen LogP contribution in [0.3, 0.4) is 0 Å². The SMILES string of the molecule is COC(=O)NCC(C)(C)CC(=O)NC(Cc1ccccc1)C(O)CC(Cc1ccccc1)NC(=O)C(C1CNC(=O)N1Cc1cccnc1)C(C)(C)C. The smallest absolute Gasteiger partial charge is 0.406 e. The van der Waals surface area contributed by atoms with Crippen LogP contribution in [0.4, 0.5) is 9.59 Å². The quantitative estimate of drug-likeness (QED) is 0.136. The number of nitrogens with one attached hydrogen (secondary N) is 4. The summed E-state index contributed by atoms with van der Waals surface area (Å²) in [7, 11) is 1.28. The minimum Gasteiger partial charge on any atom is -0.453 e. The third kappa shape index (κ3) is 12.6. The number of amides is 5. The lowest BCUT2D eigenvalue weighted by Gasteiger charge is -2.39. The molecule has 0 aliphatic carbocycles. The maximum absolute atomic E-state index is 14.5. The van der Waals surface area contributed by atoms with E-state index in [9.17, 15) is 24.3 Å². The first kappa shape index (κ1) is 40.8. The summed E-state index contributed by atoms with van der Waals surface area (Å²) >= 11 is 0. The first-order valence-corrected chi connectivity index (χ1v) is 18.3. The van der Waals surface area contributed by atoms with Crippen molar-refractivity contribution in [3.05, 3.63) is 102 Å². The molecule has 5 N–H and O–H groups in total. The molecule has 1 saturated heterocycles. The Morgan fingerprint density at radius 3 is 2.13 bits per heavy atom. The lowest BCUT2D eigenvalue weighted by Crippen LogP contribution is -2.54. The van der Waals surface area contributed by atoms with Crippen LogP contribution in [0.15, 0.2) is 85.2 Å². The summed E-state index contributed by atoms with van der Waals surface area (Å²) in [6, 6.07) is 21.3. The van der Waals surface area contributed by atoms with Crippen LogP contribution in [0.2, 0.25) is 0 Å². The average molecular weight is 729 g/mol. The molecule has 0 saturated carbocycles. The van der Waals surface area contributed by atoms with Gasteiger partial charge in [0.25, 0.3) is 0 Å². The maximum atomic E-state index is 14.5. The number of rotatable bonds is 17. The highest BCUT2D eigenvalue weighted by Crippen LogP contribution is 2.34. The third-order valence-corrected chi connectivity index (χ3v) is 9.64. The third-order valence-electron chi connectivity index (χ3n) is 9.64. The lowest BCUT2D eigenvalue weighted by atomic mass is 9.75. The fourth-order valence-corrected chi connectivity index (χ4v) is 7.00. The second-order valence-electron chi connectivity index (χ2n) is 15.8. The molecular formula is C41H56N6O6. The van der Waals surface area contributed by atoms with Crippen LogP contribution >= 0.6 is 0 Å². The van der Waals surface area contributed by atoms with E-state index in [1.54, 1.807) is 17.3 Å². The molecule has 2 heterocycles. The number of alkyl carbamates (subject to hydrolysis) is 1. The second-order valence-corrected chi connectivity index (χ2v) is 15.8. The minimum atomic E-state index is -1.03. The number of carbonyl (C=O) groups excluding carboxylic acids is 4. The number of hydrogen-bond acceptors (Lipinski definition) is 7. The highest BCUT2D eigenvalue weighted by Gasteiger charge is 2.46. The maximum Gasteiger partial charge on any atom is 0.406 e. The van der Waals surface area contributed by atoms with Crippen LogP contribution in [-0.4, -0.2) is 83.4 Å². The molecular weight excluding hydrogens is 672 g/mol. The highest BCUT2D eigenvalue weighted by molar-refractivity contribution is 5.84. The predicted octanol–water partition coefficient (Wildman–Crippen LogP) is 4.62. The van der Waals surface area contributed by atoms with Crippen LogP contribution in [-0.2, 0) is 33.7 Å². The van der Waals surface area contributed by atoms with Gasteiger partial charge in [-0.3, -0.25) is 14.6 Å². The molecule has 4 rings (SSSR count). The predicted molar refractivity (Wildman–Crippen MR) is 203 cm³/mol. The molecule has 12 nitrogen and oxygen atoms in total. The number of nitrogens with zero attached hydrogens (tertiary/aromatic N) is 2. The van der Waals surface area contributed by atoms with Gasteiger partial charge in [0.2, 0.25) is 11.8 Å². The van der Waals surface area contributed by atoms with Crippen molar-refractivity contribution in [2.75, 3.05) is 20.2 Å².